The van der Waals surface area contributed by atoms with Crippen LogP contribution in [0.2, 0.25) is 0 Å². The molecule has 2 unspecified atom stereocenters. The summed E-state index contributed by atoms with van der Waals surface area (Å²) in [4.78, 5) is 19.8. The van der Waals surface area contributed by atoms with E-state index < -0.39 is 0 Å². The number of carbonyl (C=O) groups excluding carboxylic acids is 1. The molecule has 2 saturated heterocycles. The second-order valence-electron chi connectivity index (χ2n) is 9.11. The molecule has 168 valence electrons. The second-order valence-corrected chi connectivity index (χ2v) is 9.11. The fraction of sp³-hybridized carbons (Fsp3) is 0.360. The normalized spacial score (nSPS) is 21.7. The average Bonchev–Trinajstić information content (AvgIpc) is 3.62. The first-order chi connectivity index (χ1) is 16.2. The van der Waals surface area contributed by atoms with Gasteiger partial charge in [0, 0.05) is 24.2 Å². The monoisotopic (exact) mass is 442 g/mol. The molecule has 1 N–H and O–H groups in total. The van der Waals surface area contributed by atoms with Gasteiger partial charge in [-0.15, -0.1) is 0 Å². The number of benzene rings is 2. The maximum absolute atomic E-state index is 13.1. The van der Waals surface area contributed by atoms with Gasteiger partial charge in [0.25, 0.3) is 5.91 Å². The number of para-hydroxylation sites is 1. The van der Waals surface area contributed by atoms with Crippen molar-refractivity contribution in [3.63, 3.8) is 0 Å². The summed E-state index contributed by atoms with van der Waals surface area (Å²) in [5, 5.41) is 10.7. The van der Waals surface area contributed by atoms with E-state index in [-0.39, 0.29) is 18.6 Å². The quantitative estimate of drug-likeness (QED) is 0.493. The third-order valence-electron chi connectivity index (χ3n) is 7.16. The van der Waals surface area contributed by atoms with E-state index in [2.05, 4.69) is 42.0 Å². The van der Waals surface area contributed by atoms with Crippen molar-refractivity contribution in [2.75, 3.05) is 6.61 Å². The molecule has 2 aromatic heterocycles. The summed E-state index contributed by atoms with van der Waals surface area (Å²) in [5.74, 6) is 1.31. The highest BCUT2D eigenvalue weighted by Crippen LogP contribution is 2.42. The van der Waals surface area contributed by atoms with Gasteiger partial charge in [0.15, 0.2) is 6.61 Å². The van der Waals surface area contributed by atoms with Crippen molar-refractivity contribution in [1.29, 1.82) is 0 Å². The molecule has 2 fully saturated rings. The van der Waals surface area contributed by atoms with Crippen molar-refractivity contribution < 1.29 is 9.53 Å². The van der Waals surface area contributed by atoms with Crippen molar-refractivity contribution in [2.45, 2.75) is 44.8 Å². The van der Waals surface area contributed by atoms with Crippen LogP contribution in [0.1, 0.15) is 24.8 Å². The number of aromatic amines is 1. The highest BCUT2D eigenvalue weighted by molar-refractivity contribution is 5.81. The van der Waals surface area contributed by atoms with Gasteiger partial charge in [-0.05, 0) is 55.9 Å². The van der Waals surface area contributed by atoms with E-state index in [1.807, 2.05) is 43.6 Å². The number of hydrogen-bond donors (Lipinski definition) is 1. The van der Waals surface area contributed by atoms with Crippen molar-refractivity contribution in [2.24, 2.45) is 5.92 Å². The SMILES string of the molecule is Cc1ccccc1OCC(=O)N1C2CC[C@H]1C(Cn1cnc3cc(-c4cn[nH]n4)ccc31)C2. The zero-order chi connectivity index (χ0) is 22.4. The minimum absolute atomic E-state index is 0.0981. The molecule has 4 aromatic rings. The predicted octanol–water partition coefficient (Wildman–Crippen LogP) is 3.59. The van der Waals surface area contributed by atoms with E-state index in [9.17, 15) is 4.79 Å². The maximum Gasteiger partial charge on any atom is 0.261 e. The topological polar surface area (TPSA) is 88.9 Å². The number of aromatic nitrogens is 5. The van der Waals surface area contributed by atoms with Gasteiger partial charge in [-0.3, -0.25) is 4.79 Å². The Labute approximate surface area is 191 Å². The van der Waals surface area contributed by atoms with Crippen molar-refractivity contribution in [1.82, 2.24) is 29.9 Å². The largest absolute Gasteiger partial charge is 0.484 e. The number of carbonyl (C=O) groups is 1. The first kappa shape index (κ1) is 20.0. The van der Waals surface area contributed by atoms with Crippen LogP contribution in [0.25, 0.3) is 22.3 Å². The van der Waals surface area contributed by atoms with Gasteiger partial charge < -0.3 is 14.2 Å². The van der Waals surface area contributed by atoms with Gasteiger partial charge in [-0.25, -0.2) is 4.98 Å². The summed E-state index contributed by atoms with van der Waals surface area (Å²) in [6.07, 6.45) is 6.81. The van der Waals surface area contributed by atoms with Crippen LogP contribution in [0.3, 0.4) is 0 Å². The molecule has 8 nitrogen and oxygen atoms in total. The molecular weight excluding hydrogens is 416 g/mol. The standard InChI is InChI=1S/C25H26N6O2/c1-16-4-2-3-5-24(16)33-14-25(32)31-19-7-9-22(31)18(10-19)13-30-15-26-20-11-17(6-8-23(20)30)21-12-27-29-28-21/h2-6,8,11-12,15,18-19,22H,7,9-10,13-14H2,1H3,(H,27,28,29)/t18?,19?,22-/m0/s1. The highest BCUT2D eigenvalue weighted by Gasteiger charge is 2.48. The number of nitrogens with zero attached hydrogens (tertiary/aromatic N) is 5. The highest BCUT2D eigenvalue weighted by atomic mass is 16.5. The molecule has 3 atom stereocenters. The smallest absolute Gasteiger partial charge is 0.261 e. The number of ether oxygens (including phenoxy) is 1. The number of nitrogens with one attached hydrogen (secondary N) is 1. The van der Waals surface area contributed by atoms with Crippen molar-refractivity contribution >= 4 is 16.9 Å². The molecule has 6 rings (SSSR count). The summed E-state index contributed by atoms with van der Waals surface area (Å²) in [5.41, 5.74) is 4.89. The Morgan fingerprint density at radius 1 is 1.21 bits per heavy atom. The molecular formula is C25H26N6O2. The fourth-order valence-corrected chi connectivity index (χ4v) is 5.59. The van der Waals surface area contributed by atoms with Gasteiger partial charge in [-0.2, -0.15) is 15.4 Å². The van der Waals surface area contributed by atoms with Crippen LogP contribution in [-0.2, 0) is 11.3 Å². The van der Waals surface area contributed by atoms with Crippen LogP contribution in [0.15, 0.2) is 55.0 Å². The molecule has 0 radical (unpaired) electrons. The number of aryl methyl sites for hydroxylation is 1. The third-order valence-corrected chi connectivity index (χ3v) is 7.16. The number of H-pyrrole nitrogens is 1. The van der Waals surface area contributed by atoms with Crippen molar-refractivity contribution in [3.05, 3.63) is 60.6 Å². The van der Waals surface area contributed by atoms with E-state index in [4.69, 9.17) is 4.74 Å². The van der Waals surface area contributed by atoms with E-state index >= 15 is 0 Å². The Balaban J connectivity index is 1.15. The molecule has 1 amide bonds. The average molecular weight is 443 g/mol. The summed E-state index contributed by atoms with van der Waals surface area (Å²) >= 11 is 0. The number of rotatable bonds is 6. The van der Waals surface area contributed by atoms with E-state index in [1.165, 1.54) is 0 Å². The molecule has 0 aliphatic carbocycles. The first-order valence-corrected chi connectivity index (χ1v) is 11.5. The van der Waals surface area contributed by atoms with Gasteiger partial charge in [-0.1, -0.05) is 24.3 Å². The second kappa shape index (κ2) is 8.03. The van der Waals surface area contributed by atoms with Gasteiger partial charge >= 0.3 is 0 Å². The molecule has 33 heavy (non-hydrogen) atoms. The lowest BCUT2D eigenvalue weighted by atomic mass is 9.89. The minimum atomic E-state index is 0.0981. The molecule has 2 aliphatic rings. The predicted molar refractivity (Wildman–Crippen MR) is 124 cm³/mol. The van der Waals surface area contributed by atoms with Crippen LogP contribution >= 0.6 is 0 Å². The van der Waals surface area contributed by atoms with E-state index in [0.29, 0.717) is 12.0 Å². The maximum atomic E-state index is 13.1. The Hall–Kier alpha value is -3.68. The van der Waals surface area contributed by atoms with Crippen LogP contribution in [0.5, 0.6) is 5.75 Å². The summed E-state index contributed by atoms with van der Waals surface area (Å²) in [6, 6.07) is 14.6. The molecule has 2 bridgehead atoms. The molecule has 0 saturated carbocycles. The third kappa shape index (κ3) is 3.55. The van der Waals surface area contributed by atoms with Gasteiger partial charge in [0.2, 0.25) is 0 Å². The Kier molecular flexibility index (Phi) is 4.86. The van der Waals surface area contributed by atoms with Gasteiger partial charge in [0.05, 0.1) is 23.6 Å². The van der Waals surface area contributed by atoms with E-state index in [1.54, 1.807) is 6.20 Å². The van der Waals surface area contributed by atoms with Crippen molar-refractivity contribution in [3.8, 4) is 17.0 Å². The van der Waals surface area contributed by atoms with Crippen LogP contribution in [0, 0.1) is 12.8 Å². The lowest BCUT2D eigenvalue weighted by Crippen LogP contribution is -2.40. The zero-order valence-electron chi connectivity index (χ0n) is 18.5. The number of imidazole rings is 1. The molecule has 0 spiro atoms. The van der Waals surface area contributed by atoms with Crippen LogP contribution < -0.4 is 4.74 Å². The van der Waals surface area contributed by atoms with Gasteiger partial charge in [0.1, 0.15) is 11.4 Å². The lowest BCUT2D eigenvalue weighted by molar-refractivity contribution is -0.134. The first-order valence-electron chi connectivity index (χ1n) is 11.5. The fourth-order valence-electron chi connectivity index (χ4n) is 5.59. The summed E-state index contributed by atoms with van der Waals surface area (Å²) < 4.78 is 8.08. The summed E-state index contributed by atoms with van der Waals surface area (Å²) in [7, 11) is 0. The van der Waals surface area contributed by atoms with Crippen LogP contribution in [-0.4, -0.2) is 54.5 Å². The van der Waals surface area contributed by atoms with E-state index in [0.717, 1.165) is 59.4 Å². The molecule has 2 aliphatic heterocycles. The summed E-state index contributed by atoms with van der Waals surface area (Å²) in [6.45, 7) is 2.96. The number of fused-ring (bicyclic) bond motifs is 3. The van der Waals surface area contributed by atoms with Crippen LogP contribution in [0.4, 0.5) is 0 Å². The molecule has 4 heterocycles. The number of amides is 1. The Morgan fingerprint density at radius 3 is 2.97 bits per heavy atom. The number of hydrogen-bond acceptors (Lipinski definition) is 5. The Morgan fingerprint density at radius 2 is 2.12 bits per heavy atom. The molecule has 2 aromatic carbocycles. The Bertz CT molecular complexity index is 1300. The molecule has 8 heteroatoms. The minimum Gasteiger partial charge on any atom is -0.484 e. The zero-order valence-corrected chi connectivity index (χ0v) is 18.5. The lowest BCUT2D eigenvalue weighted by Gasteiger charge is -2.25.